The highest BCUT2D eigenvalue weighted by atomic mass is 16.3. The van der Waals surface area contributed by atoms with Gasteiger partial charge in [-0.1, -0.05) is 0 Å². The van der Waals surface area contributed by atoms with E-state index >= 15 is 0 Å². The van der Waals surface area contributed by atoms with Crippen LogP contribution >= 0.6 is 0 Å². The first-order valence-electron chi connectivity index (χ1n) is 4.20. The number of nitrogens with one attached hydrogen (secondary N) is 2. The van der Waals surface area contributed by atoms with Crippen LogP contribution in [-0.4, -0.2) is 22.8 Å². The molecule has 1 fully saturated rings. The summed E-state index contributed by atoms with van der Waals surface area (Å²) >= 11 is 0. The van der Waals surface area contributed by atoms with Gasteiger partial charge >= 0.3 is 0 Å². The molecule has 0 aromatic rings. The van der Waals surface area contributed by atoms with E-state index in [0.29, 0.717) is 0 Å². The molecule has 0 radical (unpaired) electrons. The SMILES string of the molecule is CC(C)(C)NN[C@@H]1CC[C@H]1O. The van der Waals surface area contributed by atoms with Crippen molar-refractivity contribution in [3.05, 3.63) is 0 Å². The van der Waals surface area contributed by atoms with E-state index in [0.717, 1.165) is 12.8 Å². The van der Waals surface area contributed by atoms with Gasteiger partial charge in [-0.2, -0.15) is 0 Å². The summed E-state index contributed by atoms with van der Waals surface area (Å²) in [5, 5.41) is 9.20. The van der Waals surface area contributed by atoms with Crippen molar-refractivity contribution in [2.24, 2.45) is 0 Å². The van der Waals surface area contributed by atoms with Crippen LogP contribution in [0.5, 0.6) is 0 Å². The highest BCUT2D eigenvalue weighted by Crippen LogP contribution is 2.18. The van der Waals surface area contributed by atoms with Crippen LogP contribution in [0.25, 0.3) is 0 Å². The van der Waals surface area contributed by atoms with E-state index in [9.17, 15) is 5.11 Å². The highest BCUT2D eigenvalue weighted by Gasteiger charge is 2.29. The second-order valence-corrected chi connectivity index (χ2v) is 4.27. The van der Waals surface area contributed by atoms with Crippen molar-refractivity contribution in [3.8, 4) is 0 Å². The van der Waals surface area contributed by atoms with Gasteiger partial charge in [-0.05, 0) is 33.6 Å². The van der Waals surface area contributed by atoms with Crippen LogP contribution in [0.2, 0.25) is 0 Å². The van der Waals surface area contributed by atoms with Gasteiger partial charge in [0.1, 0.15) is 0 Å². The predicted molar refractivity (Wildman–Crippen MR) is 45.1 cm³/mol. The number of hydrogen-bond acceptors (Lipinski definition) is 3. The topological polar surface area (TPSA) is 44.3 Å². The highest BCUT2D eigenvalue weighted by molar-refractivity contribution is 4.86. The molecule has 1 aliphatic carbocycles. The lowest BCUT2D eigenvalue weighted by Gasteiger charge is -2.35. The van der Waals surface area contributed by atoms with Gasteiger partial charge in [0.25, 0.3) is 0 Å². The summed E-state index contributed by atoms with van der Waals surface area (Å²) in [7, 11) is 0. The van der Waals surface area contributed by atoms with Crippen LogP contribution in [0.3, 0.4) is 0 Å². The van der Waals surface area contributed by atoms with Crippen LogP contribution in [0.15, 0.2) is 0 Å². The van der Waals surface area contributed by atoms with Crippen molar-refractivity contribution in [1.82, 2.24) is 10.9 Å². The molecule has 0 bridgehead atoms. The largest absolute Gasteiger partial charge is 0.391 e. The van der Waals surface area contributed by atoms with Crippen molar-refractivity contribution in [2.75, 3.05) is 0 Å². The predicted octanol–water partition coefficient (Wildman–Crippen LogP) is 0.402. The van der Waals surface area contributed by atoms with Crippen LogP contribution in [0.4, 0.5) is 0 Å². The van der Waals surface area contributed by atoms with Crippen molar-refractivity contribution < 1.29 is 5.11 Å². The molecule has 0 spiro atoms. The van der Waals surface area contributed by atoms with Crippen LogP contribution < -0.4 is 10.9 Å². The average molecular weight is 158 g/mol. The maximum Gasteiger partial charge on any atom is 0.0707 e. The first-order valence-corrected chi connectivity index (χ1v) is 4.20. The number of hydrogen-bond donors (Lipinski definition) is 3. The van der Waals surface area contributed by atoms with Gasteiger partial charge in [0, 0.05) is 11.6 Å². The van der Waals surface area contributed by atoms with E-state index in [2.05, 4.69) is 31.6 Å². The molecular weight excluding hydrogens is 140 g/mol. The third kappa shape index (κ3) is 2.77. The second kappa shape index (κ2) is 3.09. The molecule has 0 aromatic heterocycles. The molecule has 1 saturated carbocycles. The number of aliphatic hydroxyl groups excluding tert-OH is 1. The van der Waals surface area contributed by atoms with E-state index < -0.39 is 0 Å². The van der Waals surface area contributed by atoms with E-state index in [1.165, 1.54) is 0 Å². The molecule has 1 aliphatic rings. The minimum absolute atomic E-state index is 0.0787. The molecule has 0 aromatic carbocycles. The van der Waals surface area contributed by atoms with Crippen molar-refractivity contribution >= 4 is 0 Å². The molecule has 3 heteroatoms. The lowest BCUT2D eigenvalue weighted by Crippen LogP contribution is -2.58. The molecule has 0 unspecified atom stereocenters. The van der Waals surface area contributed by atoms with Gasteiger partial charge in [0.2, 0.25) is 0 Å². The van der Waals surface area contributed by atoms with Gasteiger partial charge < -0.3 is 5.11 Å². The summed E-state index contributed by atoms with van der Waals surface area (Å²) in [6.07, 6.45) is 1.86. The molecule has 3 N–H and O–H groups in total. The summed E-state index contributed by atoms with van der Waals surface area (Å²) in [5.74, 6) is 0. The van der Waals surface area contributed by atoms with Gasteiger partial charge in [-0.3, -0.25) is 10.9 Å². The summed E-state index contributed by atoms with van der Waals surface area (Å²) < 4.78 is 0. The molecular formula is C8H18N2O. The standard InChI is InChI=1S/C8H18N2O/c1-8(2,3)10-9-6-4-5-7(6)11/h6-7,9-11H,4-5H2,1-3H3/t6-,7-/m1/s1. The van der Waals surface area contributed by atoms with Crippen LogP contribution in [0.1, 0.15) is 33.6 Å². The van der Waals surface area contributed by atoms with Crippen LogP contribution in [-0.2, 0) is 0 Å². The molecule has 66 valence electrons. The summed E-state index contributed by atoms with van der Waals surface area (Å²) in [4.78, 5) is 0. The van der Waals surface area contributed by atoms with Gasteiger partial charge in [-0.25, -0.2) is 0 Å². The molecule has 1 rings (SSSR count). The van der Waals surface area contributed by atoms with E-state index in [1.54, 1.807) is 0 Å². The Balaban J connectivity index is 2.12. The fourth-order valence-electron chi connectivity index (χ4n) is 0.960. The monoisotopic (exact) mass is 158 g/mol. The first kappa shape index (κ1) is 8.97. The Morgan fingerprint density at radius 2 is 1.91 bits per heavy atom. The zero-order valence-electron chi connectivity index (χ0n) is 7.52. The lowest BCUT2D eigenvalue weighted by atomic mass is 9.90. The minimum atomic E-state index is -0.148. The third-order valence-corrected chi connectivity index (χ3v) is 1.87. The summed E-state index contributed by atoms with van der Waals surface area (Å²) in [6, 6.07) is 0.259. The summed E-state index contributed by atoms with van der Waals surface area (Å²) in [6.45, 7) is 6.27. The molecule has 0 heterocycles. The number of hydrazine groups is 1. The van der Waals surface area contributed by atoms with E-state index in [-0.39, 0.29) is 17.7 Å². The Kier molecular flexibility index (Phi) is 2.52. The Hall–Kier alpha value is -0.120. The normalized spacial score (nSPS) is 31.6. The van der Waals surface area contributed by atoms with E-state index in [1.807, 2.05) is 0 Å². The average Bonchev–Trinajstić information content (AvgIpc) is 1.82. The Bertz CT molecular complexity index is 131. The van der Waals surface area contributed by atoms with Gasteiger partial charge in [-0.15, -0.1) is 0 Å². The van der Waals surface area contributed by atoms with Crippen molar-refractivity contribution in [3.63, 3.8) is 0 Å². The van der Waals surface area contributed by atoms with E-state index in [4.69, 9.17) is 0 Å². The van der Waals surface area contributed by atoms with Crippen LogP contribution in [0, 0.1) is 0 Å². The Morgan fingerprint density at radius 1 is 1.27 bits per heavy atom. The second-order valence-electron chi connectivity index (χ2n) is 4.27. The first-order chi connectivity index (χ1) is 4.99. The quantitative estimate of drug-likeness (QED) is 0.510. The number of aliphatic hydroxyl groups is 1. The Morgan fingerprint density at radius 3 is 2.18 bits per heavy atom. The Labute approximate surface area is 68.2 Å². The minimum Gasteiger partial charge on any atom is -0.391 e. The fourth-order valence-corrected chi connectivity index (χ4v) is 0.960. The molecule has 0 aliphatic heterocycles. The zero-order chi connectivity index (χ0) is 8.48. The maximum absolute atomic E-state index is 9.20. The molecule has 11 heavy (non-hydrogen) atoms. The third-order valence-electron chi connectivity index (χ3n) is 1.87. The molecule has 2 atom stereocenters. The van der Waals surface area contributed by atoms with Crippen molar-refractivity contribution in [1.29, 1.82) is 0 Å². The smallest absolute Gasteiger partial charge is 0.0707 e. The lowest BCUT2D eigenvalue weighted by molar-refractivity contribution is 0.0370. The number of rotatable bonds is 2. The summed E-state index contributed by atoms with van der Waals surface area (Å²) in [5.41, 5.74) is 6.33. The maximum atomic E-state index is 9.20. The molecule has 3 nitrogen and oxygen atoms in total. The fraction of sp³-hybridized carbons (Fsp3) is 1.00. The van der Waals surface area contributed by atoms with Gasteiger partial charge in [0.15, 0.2) is 0 Å². The van der Waals surface area contributed by atoms with Gasteiger partial charge in [0.05, 0.1) is 6.10 Å². The molecule has 0 saturated heterocycles. The zero-order valence-corrected chi connectivity index (χ0v) is 7.52. The molecule has 0 amide bonds. The van der Waals surface area contributed by atoms with Crippen molar-refractivity contribution in [2.45, 2.75) is 51.3 Å².